The molecule has 2 N–H and O–H groups in total. The molecule has 6 heteroatoms. The minimum Gasteiger partial charge on any atom is -0.469 e. The van der Waals surface area contributed by atoms with Gasteiger partial charge in [-0.1, -0.05) is 30.3 Å². The van der Waals surface area contributed by atoms with Gasteiger partial charge in [0.25, 0.3) is 0 Å². The van der Waals surface area contributed by atoms with E-state index in [1.165, 1.54) is 0 Å². The van der Waals surface area contributed by atoms with Gasteiger partial charge in [-0.2, -0.15) is 0 Å². The van der Waals surface area contributed by atoms with Gasteiger partial charge in [-0.25, -0.2) is 9.97 Å². The van der Waals surface area contributed by atoms with Crippen LogP contribution in [0.3, 0.4) is 0 Å². The number of nitrogens with zero attached hydrogens (tertiary/aromatic N) is 2. The highest BCUT2D eigenvalue weighted by Crippen LogP contribution is 2.10. The molecule has 1 amide bonds. The second-order valence-electron chi connectivity index (χ2n) is 6.48. The number of hydrogen-bond acceptors (Lipinski definition) is 5. The van der Waals surface area contributed by atoms with Crippen LogP contribution >= 0.6 is 0 Å². The maximum atomic E-state index is 12.8. The van der Waals surface area contributed by atoms with Crippen molar-refractivity contribution in [1.82, 2.24) is 15.3 Å². The number of nitrogens with one attached hydrogen (secondary N) is 2. The molecule has 0 radical (unpaired) electrons. The van der Waals surface area contributed by atoms with Crippen LogP contribution in [0.15, 0.2) is 59.2 Å². The van der Waals surface area contributed by atoms with Crippen LogP contribution in [0.5, 0.6) is 0 Å². The Bertz CT molecular complexity index is 843. The Morgan fingerprint density at radius 2 is 1.81 bits per heavy atom. The number of hydrogen-bond donors (Lipinski definition) is 2. The third kappa shape index (κ3) is 5.67. The Morgan fingerprint density at radius 1 is 1.07 bits per heavy atom. The van der Waals surface area contributed by atoms with E-state index in [1.807, 2.05) is 62.4 Å². The summed E-state index contributed by atoms with van der Waals surface area (Å²) in [6.07, 6.45) is 2.83. The number of rotatable bonds is 8. The van der Waals surface area contributed by atoms with Gasteiger partial charge in [0.1, 0.15) is 11.8 Å². The lowest BCUT2D eigenvalue weighted by Gasteiger charge is -2.19. The first-order chi connectivity index (χ1) is 13.1. The normalized spacial score (nSPS) is 11.8. The lowest BCUT2D eigenvalue weighted by molar-refractivity contribution is -0.121. The molecule has 1 atom stereocenters. The van der Waals surface area contributed by atoms with E-state index in [2.05, 4.69) is 20.6 Å². The van der Waals surface area contributed by atoms with Crippen LogP contribution in [-0.2, 0) is 17.6 Å². The average molecular weight is 364 g/mol. The zero-order valence-corrected chi connectivity index (χ0v) is 15.6. The fourth-order valence-electron chi connectivity index (χ4n) is 2.89. The van der Waals surface area contributed by atoms with Gasteiger partial charge in [-0.3, -0.25) is 4.79 Å². The predicted octanol–water partition coefficient (Wildman–Crippen LogP) is 3.07. The number of aryl methyl sites for hydroxylation is 2. The van der Waals surface area contributed by atoms with Gasteiger partial charge in [0, 0.05) is 30.8 Å². The van der Waals surface area contributed by atoms with Crippen LogP contribution in [-0.4, -0.2) is 28.5 Å². The summed E-state index contributed by atoms with van der Waals surface area (Å²) >= 11 is 0. The molecule has 0 saturated carbocycles. The molecule has 0 spiro atoms. The van der Waals surface area contributed by atoms with Gasteiger partial charge in [0.15, 0.2) is 0 Å². The van der Waals surface area contributed by atoms with Crippen molar-refractivity contribution in [2.75, 3.05) is 11.9 Å². The van der Waals surface area contributed by atoms with Crippen LogP contribution in [0.4, 0.5) is 5.95 Å². The SMILES string of the molecule is Cc1cc(C)nc(N[C@@H](Cc2ccccc2)C(=O)NCCc2ccco2)n1. The number of anilines is 1. The van der Waals surface area contributed by atoms with E-state index >= 15 is 0 Å². The van der Waals surface area contributed by atoms with E-state index in [4.69, 9.17) is 4.42 Å². The molecular formula is C21H24N4O2. The molecule has 3 rings (SSSR count). The Hall–Kier alpha value is -3.15. The van der Waals surface area contributed by atoms with Crippen molar-refractivity contribution in [2.24, 2.45) is 0 Å². The molecule has 1 aromatic carbocycles. The van der Waals surface area contributed by atoms with Crippen molar-refractivity contribution in [3.63, 3.8) is 0 Å². The van der Waals surface area contributed by atoms with Crippen molar-refractivity contribution >= 4 is 11.9 Å². The molecule has 0 aliphatic carbocycles. The third-order valence-electron chi connectivity index (χ3n) is 4.14. The van der Waals surface area contributed by atoms with Crippen LogP contribution < -0.4 is 10.6 Å². The summed E-state index contributed by atoms with van der Waals surface area (Å²) in [6.45, 7) is 4.33. The van der Waals surface area contributed by atoms with Gasteiger partial charge in [-0.05, 0) is 37.6 Å². The maximum Gasteiger partial charge on any atom is 0.242 e. The molecule has 0 saturated heterocycles. The van der Waals surface area contributed by atoms with E-state index in [1.54, 1.807) is 6.26 Å². The van der Waals surface area contributed by atoms with Crippen molar-refractivity contribution in [3.05, 3.63) is 77.5 Å². The summed E-state index contributed by atoms with van der Waals surface area (Å²) < 4.78 is 5.31. The molecule has 2 heterocycles. The molecular weight excluding hydrogens is 340 g/mol. The van der Waals surface area contributed by atoms with Crippen LogP contribution in [0.1, 0.15) is 22.7 Å². The molecule has 0 fully saturated rings. The number of carbonyl (C=O) groups excluding carboxylic acids is 1. The highest BCUT2D eigenvalue weighted by atomic mass is 16.3. The number of amides is 1. The van der Waals surface area contributed by atoms with E-state index < -0.39 is 6.04 Å². The Balaban J connectivity index is 1.68. The lowest BCUT2D eigenvalue weighted by atomic mass is 10.1. The summed E-state index contributed by atoms with van der Waals surface area (Å²) in [5.74, 6) is 1.23. The zero-order valence-electron chi connectivity index (χ0n) is 15.6. The van der Waals surface area contributed by atoms with Gasteiger partial charge < -0.3 is 15.1 Å². The van der Waals surface area contributed by atoms with E-state index in [0.717, 1.165) is 22.7 Å². The van der Waals surface area contributed by atoms with Crippen LogP contribution in [0.2, 0.25) is 0 Å². The van der Waals surface area contributed by atoms with Gasteiger partial charge in [0.2, 0.25) is 11.9 Å². The highest BCUT2D eigenvalue weighted by Gasteiger charge is 2.20. The van der Waals surface area contributed by atoms with Crippen molar-refractivity contribution in [2.45, 2.75) is 32.7 Å². The predicted molar refractivity (Wildman–Crippen MR) is 104 cm³/mol. The summed E-state index contributed by atoms with van der Waals surface area (Å²) in [6, 6.07) is 15.1. The average Bonchev–Trinajstić information content (AvgIpc) is 3.14. The first-order valence-corrected chi connectivity index (χ1v) is 9.03. The van der Waals surface area contributed by atoms with Crippen molar-refractivity contribution in [3.8, 4) is 0 Å². The summed E-state index contributed by atoms with van der Waals surface area (Å²) in [5, 5.41) is 6.17. The summed E-state index contributed by atoms with van der Waals surface area (Å²) in [5.41, 5.74) is 2.80. The van der Waals surface area contributed by atoms with Gasteiger partial charge in [0.05, 0.1) is 6.26 Å². The van der Waals surface area contributed by atoms with E-state index in [0.29, 0.717) is 25.3 Å². The fraction of sp³-hybridized carbons (Fsp3) is 0.286. The molecule has 0 unspecified atom stereocenters. The standard InChI is InChI=1S/C21H24N4O2/c1-15-13-16(2)24-21(23-15)25-19(14-17-7-4-3-5-8-17)20(26)22-11-10-18-9-6-12-27-18/h3-9,12-13,19H,10-11,14H2,1-2H3,(H,22,26)(H,23,24,25)/t19-/m0/s1. The summed E-state index contributed by atoms with van der Waals surface area (Å²) in [4.78, 5) is 21.6. The third-order valence-corrected chi connectivity index (χ3v) is 4.14. The smallest absolute Gasteiger partial charge is 0.242 e. The number of carbonyl (C=O) groups is 1. The lowest BCUT2D eigenvalue weighted by Crippen LogP contribution is -2.42. The fourth-order valence-corrected chi connectivity index (χ4v) is 2.89. The highest BCUT2D eigenvalue weighted by molar-refractivity contribution is 5.84. The molecule has 140 valence electrons. The summed E-state index contributed by atoms with van der Waals surface area (Å²) in [7, 11) is 0. The molecule has 27 heavy (non-hydrogen) atoms. The number of aromatic nitrogens is 2. The second-order valence-corrected chi connectivity index (χ2v) is 6.48. The first kappa shape index (κ1) is 18.6. The first-order valence-electron chi connectivity index (χ1n) is 9.03. The Labute approximate surface area is 159 Å². The van der Waals surface area contributed by atoms with Gasteiger partial charge >= 0.3 is 0 Å². The number of benzene rings is 1. The molecule has 3 aromatic rings. The van der Waals surface area contributed by atoms with Crippen molar-refractivity contribution in [1.29, 1.82) is 0 Å². The molecule has 0 aliphatic rings. The van der Waals surface area contributed by atoms with Crippen LogP contribution in [0.25, 0.3) is 0 Å². The van der Waals surface area contributed by atoms with Gasteiger partial charge in [-0.15, -0.1) is 0 Å². The molecule has 0 bridgehead atoms. The number of furan rings is 1. The Kier molecular flexibility index (Phi) is 6.20. The quantitative estimate of drug-likeness (QED) is 0.642. The molecule has 2 aromatic heterocycles. The second kappa shape index (κ2) is 8.98. The van der Waals surface area contributed by atoms with E-state index in [9.17, 15) is 4.79 Å². The minimum absolute atomic E-state index is 0.0897. The minimum atomic E-state index is -0.467. The van der Waals surface area contributed by atoms with Crippen LogP contribution in [0, 0.1) is 13.8 Å². The van der Waals surface area contributed by atoms with E-state index in [-0.39, 0.29) is 5.91 Å². The largest absolute Gasteiger partial charge is 0.469 e. The maximum absolute atomic E-state index is 12.8. The monoisotopic (exact) mass is 364 g/mol. The molecule has 6 nitrogen and oxygen atoms in total. The molecule has 0 aliphatic heterocycles. The van der Waals surface area contributed by atoms with Crippen molar-refractivity contribution < 1.29 is 9.21 Å². The topological polar surface area (TPSA) is 80.0 Å². The Morgan fingerprint density at radius 3 is 2.48 bits per heavy atom. The zero-order chi connectivity index (χ0) is 19.1.